The third-order valence-electron chi connectivity index (χ3n) is 5.30. The summed E-state index contributed by atoms with van der Waals surface area (Å²) >= 11 is 0. The van der Waals surface area contributed by atoms with Crippen molar-refractivity contribution in [3.05, 3.63) is 12.1 Å². The number of anilines is 2. The number of aromatic nitrogens is 2. The van der Waals surface area contributed by atoms with Crippen LogP contribution in [0.5, 0.6) is 11.5 Å². The maximum atomic E-state index is 12.5. The van der Waals surface area contributed by atoms with Crippen LogP contribution in [-0.4, -0.2) is 90.3 Å². The van der Waals surface area contributed by atoms with Crippen molar-refractivity contribution in [1.29, 1.82) is 0 Å². The average Bonchev–Trinajstić information content (AvgIpc) is 3.27. The number of carbonyl (C=O) groups is 1. The summed E-state index contributed by atoms with van der Waals surface area (Å²) in [4.78, 5) is 25.6. The summed E-state index contributed by atoms with van der Waals surface area (Å²) in [6.45, 7) is 3.21. The normalized spacial score (nSPS) is 17.4. The second-order valence-corrected chi connectivity index (χ2v) is 6.95. The zero-order chi connectivity index (χ0) is 19.7. The lowest BCUT2D eigenvalue weighted by molar-refractivity contribution is -0.141. The van der Waals surface area contributed by atoms with Gasteiger partial charge < -0.3 is 46.2 Å². The molecule has 4 rings (SSSR count). The van der Waals surface area contributed by atoms with E-state index in [1.165, 1.54) is 0 Å². The van der Waals surface area contributed by atoms with Gasteiger partial charge in [-0.15, -0.1) is 12.4 Å². The molecule has 2 aliphatic rings. The number of methoxy groups -OCH3 is 2. The van der Waals surface area contributed by atoms with E-state index in [0.29, 0.717) is 67.0 Å². The Hall–Kier alpha value is -2.64. The van der Waals surface area contributed by atoms with E-state index in [4.69, 9.17) is 19.9 Å². The number of halogens is 1. The highest BCUT2D eigenvalue weighted by atomic mass is 35.5. The minimum atomic E-state index is -0.276. The molecule has 0 aliphatic carbocycles. The molecular weight excluding hydrogens is 446 g/mol. The first-order valence-corrected chi connectivity index (χ1v) is 9.45. The van der Waals surface area contributed by atoms with Crippen molar-refractivity contribution < 1.29 is 35.4 Å². The van der Waals surface area contributed by atoms with E-state index in [9.17, 15) is 4.79 Å². The molecule has 1 atom stereocenters. The molecule has 2 saturated heterocycles. The van der Waals surface area contributed by atoms with Crippen LogP contribution in [0.4, 0.5) is 11.8 Å². The first kappa shape index (κ1) is 29.4. The summed E-state index contributed by atoms with van der Waals surface area (Å²) in [6, 6.07) is 3.58. The summed E-state index contributed by atoms with van der Waals surface area (Å²) < 4.78 is 16.2. The van der Waals surface area contributed by atoms with Gasteiger partial charge in [-0.1, -0.05) is 0 Å². The van der Waals surface area contributed by atoms with Crippen LogP contribution in [0.2, 0.25) is 0 Å². The number of hydrogen-bond donors (Lipinski definition) is 1. The van der Waals surface area contributed by atoms with Crippen LogP contribution >= 0.6 is 12.4 Å². The predicted molar refractivity (Wildman–Crippen MR) is 123 cm³/mol. The number of ether oxygens (including phenoxy) is 3. The molecular formula is C19H32ClN5O7. The van der Waals surface area contributed by atoms with Crippen molar-refractivity contribution in [3.63, 3.8) is 0 Å². The quantitative estimate of drug-likeness (QED) is 0.578. The molecule has 0 saturated carbocycles. The lowest BCUT2D eigenvalue weighted by Gasteiger charge is -2.35. The molecule has 1 aromatic carbocycles. The molecule has 1 amide bonds. The van der Waals surface area contributed by atoms with Crippen molar-refractivity contribution in [2.45, 2.75) is 18.9 Å². The summed E-state index contributed by atoms with van der Waals surface area (Å²) in [6.07, 6.45) is 1.49. The van der Waals surface area contributed by atoms with Crippen molar-refractivity contribution in [1.82, 2.24) is 14.9 Å². The van der Waals surface area contributed by atoms with Crippen LogP contribution in [0.25, 0.3) is 10.9 Å². The van der Waals surface area contributed by atoms with Crippen LogP contribution in [0.15, 0.2) is 12.1 Å². The van der Waals surface area contributed by atoms with Crippen LogP contribution < -0.4 is 20.1 Å². The molecule has 1 unspecified atom stereocenters. The zero-order valence-corrected chi connectivity index (χ0v) is 18.9. The van der Waals surface area contributed by atoms with Crippen LogP contribution in [0, 0.1) is 0 Å². The fourth-order valence-electron chi connectivity index (χ4n) is 3.71. The van der Waals surface area contributed by atoms with E-state index in [2.05, 4.69) is 9.97 Å². The Balaban J connectivity index is 0.00000240. The number of piperazine rings is 1. The molecule has 12 nitrogen and oxygen atoms in total. The first-order chi connectivity index (χ1) is 13.6. The van der Waals surface area contributed by atoms with Crippen molar-refractivity contribution in [2.24, 2.45) is 0 Å². The number of rotatable bonds is 4. The molecule has 0 bridgehead atoms. The zero-order valence-electron chi connectivity index (χ0n) is 18.1. The molecule has 1 aromatic heterocycles. The summed E-state index contributed by atoms with van der Waals surface area (Å²) in [5.41, 5.74) is 6.87. The molecule has 32 heavy (non-hydrogen) atoms. The minimum Gasteiger partial charge on any atom is -0.493 e. The largest absolute Gasteiger partial charge is 0.493 e. The summed E-state index contributed by atoms with van der Waals surface area (Å²) in [7, 11) is 3.16. The van der Waals surface area contributed by atoms with E-state index in [1.807, 2.05) is 9.80 Å². The van der Waals surface area contributed by atoms with E-state index >= 15 is 0 Å². The summed E-state index contributed by atoms with van der Waals surface area (Å²) in [5.74, 6) is 2.21. The van der Waals surface area contributed by atoms with Crippen LogP contribution in [0.3, 0.4) is 0 Å². The molecule has 3 heterocycles. The third-order valence-corrected chi connectivity index (χ3v) is 5.30. The molecule has 2 fully saturated rings. The van der Waals surface area contributed by atoms with Gasteiger partial charge in [-0.25, -0.2) is 4.98 Å². The Kier molecular flexibility index (Phi) is 11.4. The molecule has 8 N–H and O–H groups in total. The van der Waals surface area contributed by atoms with E-state index in [-0.39, 0.29) is 40.8 Å². The van der Waals surface area contributed by atoms with Gasteiger partial charge in [0.1, 0.15) is 11.9 Å². The van der Waals surface area contributed by atoms with Crippen molar-refractivity contribution in [3.8, 4) is 11.5 Å². The fourth-order valence-corrected chi connectivity index (χ4v) is 3.71. The Labute approximate surface area is 192 Å². The minimum absolute atomic E-state index is 0. The van der Waals surface area contributed by atoms with Crippen LogP contribution in [0.1, 0.15) is 12.8 Å². The van der Waals surface area contributed by atoms with Crippen molar-refractivity contribution in [2.75, 3.05) is 57.6 Å². The maximum Gasteiger partial charge on any atom is 0.251 e. The highest BCUT2D eigenvalue weighted by molar-refractivity contribution is 5.91. The molecule has 2 aliphatic heterocycles. The third kappa shape index (κ3) is 5.58. The number of benzene rings is 1. The Morgan fingerprint density at radius 1 is 1.06 bits per heavy atom. The van der Waals surface area contributed by atoms with Crippen molar-refractivity contribution >= 4 is 41.0 Å². The Morgan fingerprint density at radius 2 is 1.69 bits per heavy atom. The number of amides is 1. The van der Waals surface area contributed by atoms with Gasteiger partial charge in [-0.2, -0.15) is 4.98 Å². The van der Waals surface area contributed by atoms with Crippen LogP contribution in [-0.2, 0) is 9.53 Å². The van der Waals surface area contributed by atoms with E-state index in [0.717, 1.165) is 12.8 Å². The molecule has 13 heteroatoms. The number of fused-ring (bicyclic) bond motifs is 1. The van der Waals surface area contributed by atoms with Gasteiger partial charge in [0.15, 0.2) is 11.5 Å². The van der Waals surface area contributed by atoms with E-state index in [1.54, 1.807) is 26.4 Å². The van der Waals surface area contributed by atoms with E-state index < -0.39 is 0 Å². The standard InChI is InChI=1S/C19H25N5O4.ClH.3H2O/c1-26-15-10-12-13(11-16(15)27-2)21-19(22-17(12)20)24-7-5-23(6-8-24)18(25)14-4-3-9-28-14;;;;/h10-11,14H,3-9H2,1-2H3,(H2,20,21,22);1H;3*1H2. The van der Waals surface area contributed by atoms with Gasteiger partial charge in [0.05, 0.1) is 19.7 Å². The Morgan fingerprint density at radius 3 is 2.25 bits per heavy atom. The van der Waals surface area contributed by atoms with Gasteiger partial charge in [-0.05, 0) is 18.9 Å². The second kappa shape index (κ2) is 12.4. The number of nitrogen functional groups attached to an aromatic ring is 1. The fraction of sp³-hybridized carbons (Fsp3) is 0.526. The lowest BCUT2D eigenvalue weighted by atomic mass is 10.2. The number of nitrogens with zero attached hydrogens (tertiary/aromatic N) is 4. The lowest BCUT2D eigenvalue weighted by Crippen LogP contribution is -2.51. The van der Waals surface area contributed by atoms with Gasteiger partial charge in [0.25, 0.3) is 5.91 Å². The van der Waals surface area contributed by atoms with Gasteiger partial charge >= 0.3 is 0 Å². The topological polar surface area (TPSA) is 198 Å². The second-order valence-electron chi connectivity index (χ2n) is 6.95. The van der Waals surface area contributed by atoms with Gasteiger partial charge in [0, 0.05) is 44.2 Å². The highest BCUT2D eigenvalue weighted by Crippen LogP contribution is 2.34. The highest BCUT2D eigenvalue weighted by Gasteiger charge is 2.31. The molecule has 0 spiro atoms. The number of nitrogens with two attached hydrogens (primary N) is 1. The first-order valence-electron chi connectivity index (χ1n) is 9.45. The van der Waals surface area contributed by atoms with Gasteiger partial charge in [0.2, 0.25) is 5.95 Å². The monoisotopic (exact) mass is 477 g/mol. The maximum absolute atomic E-state index is 12.5. The predicted octanol–water partition coefficient (Wildman–Crippen LogP) is -0.995. The smallest absolute Gasteiger partial charge is 0.251 e. The number of hydrogen-bond acceptors (Lipinski definition) is 8. The summed E-state index contributed by atoms with van der Waals surface area (Å²) in [5, 5.41) is 0.716. The SMILES string of the molecule is COc1cc2nc(N3CCN(C(=O)C4CCCO4)CC3)nc(N)c2cc1OC.Cl.O.O.O. The molecule has 2 aromatic rings. The molecule has 0 radical (unpaired) electrons. The average molecular weight is 478 g/mol. The Bertz CT molecular complexity index is 890. The van der Waals surface area contributed by atoms with Gasteiger partial charge in [-0.3, -0.25) is 4.79 Å². The molecule has 182 valence electrons. The number of carbonyl (C=O) groups excluding carboxylic acids is 1.